The van der Waals surface area contributed by atoms with E-state index in [9.17, 15) is 0 Å². The average molecular weight is 427 g/mol. The van der Waals surface area contributed by atoms with Crippen LogP contribution in [0.15, 0.2) is 108 Å². The van der Waals surface area contributed by atoms with E-state index in [2.05, 4.69) is 108 Å². The first-order valence-electron chi connectivity index (χ1n) is 11.3. The Kier molecular flexibility index (Phi) is 3.82. The molecule has 5 aromatic carbocycles. The Morgan fingerprint density at radius 2 is 1.48 bits per heavy atom. The van der Waals surface area contributed by atoms with Crippen molar-refractivity contribution in [1.82, 2.24) is 0 Å². The minimum absolute atomic E-state index is 0.121. The van der Waals surface area contributed by atoms with Crippen molar-refractivity contribution in [3.63, 3.8) is 0 Å². The summed E-state index contributed by atoms with van der Waals surface area (Å²) in [6.07, 6.45) is 0.121. The summed E-state index contributed by atoms with van der Waals surface area (Å²) in [4.78, 5) is 2.30. The van der Waals surface area contributed by atoms with Gasteiger partial charge in [-0.2, -0.15) is 0 Å². The van der Waals surface area contributed by atoms with E-state index in [1.807, 2.05) is 12.1 Å². The second kappa shape index (κ2) is 6.88. The third kappa shape index (κ3) is 2.69. The third-order valence-electron chi connectivity index (χ3n) is 6.85. The number of furan rings is 1. The zero-order chi connectivity index (χ0) is 21.9. The molecule has 0 bridgehead atoms. The molecule has 0 amide bonds. The third-order valence-corrected chi connectivity index (χ3v) is 6.85. The quantitative estimate of drug-likeness (QED) is 0.304. The summed E-state index contributed by atoms with van der Waals surface area (Å²) in [7, 11) is 2.14. The minimum Gasteiger partial charge on any atom is -0.455 e. The Morgan fingerprint density at radius 3 is 2.36 bits per heavy atom. The normalized spacial score (nSPS) is 15.3. The predicted molar refractivity (Wildman–Crippen MR) is 138 cm³/mol. The predicted octanol–water partition coefficient (Wildman–Crippen LogP) is 7.97. The molecule has 1 unspecified atom stereocenters. The monoisotopic (exact) mass is 426 g/mol. The highest BCUT2D eigenvalue weighted by molar-refractivity contribution is 6.18. The van der Waals surface area contributed by atoms with Gasteiger partial charge in [-0.3, -0.25) is 0 Å². The van der Waals surface area contributed by atoms with Crippen LogP contribution in [-0.2, 0) is 0 Å². The summed E-state index contributed by atoms with van der Waals surface area (Å²) >= 11 is 0. The van der Waals surface area contributed by atoms with Crippen LogP contribution in [0.2, 0.25) is 0 Å². The lowest BCUT2D eigenvalue weighted by molar-refractivity contribution is 0.670. The molecule has 1 aromatic heterocycles. The Labute approximate surface area is 191 Å². The summed E-state index contributed by atoms with van der Waals surface area (Å²) in [5.74, 6) is 0. The Balaban J connectivity index is 1.46. The lowest BCUT2D eigenvalue weighted by Crippen LogP contribution is -2.23. The van der Waals surface area contributed by atoms with E-state index in [0.29, 0.717) is 0 Å². The van der Waals surface area contributed by atoms with Crippen LogP contribution in [0.1, 0.15) is 11.7 Å². The van der Waals surface area contributed by atoms with Crippen molar-refractivity contribution in [3.05, 3.63) is 109 Å². The fourth-order valence-corrected chi connectivity index (χ4v) is 5.25. The number of hydrogen-bond acceptors (Lipinski definition) is 3. The number of anilines is 2. The summed E-state index contributed by atoms with van der Waals surface area (Å²) in [6.45, 7) is 0. The smallest absolute Gasteiger partial charge is 0.143 e. The van der Waals surface area contributed by atoms with Crippen molar-refractivity contribution in [2.75, 3.05) is 17.3 Å². The minimum atomic E-state index is 0.121. The van der Waals surface area contributed by atoms with Crippen molar-refractivity contribution in [2.24, 2.45) is 0 Å². The van der Waals surface area contributed by atoms with Gasteiger partial charge in [-0.25, -0.2) is 0 Å². The van der Waals surface area contributed by atoms with Gasteiger partial charge in [0.2, 0.25) is 0 Å². The molecule has 0 aliphatic carbocycles. The fourth-order valence-electron chi connectivity index (χ4n) is 5.25. The van der Waals surface area contributed by atoms with Crippen LogP contribution in [0.4, 0.5) is 11.4 Å². The highest BCUT2D eigenvalue weighted by Crippen LogP contribution is 2.45. The molecule has 1 aliphatic rings. The van der Waals surface area contributed by atoms with Crippen molar-refractivity contribution >= 4 is 44.1 Å². The molecular weight excluding hydrogens is 404 g/mol. The molecule has 2 heterocycles. The molecule has 7 rings (SSSR count). The van der Waals surface area contributed by atoms with E-state index >= 15 is 0 Å². The zero-order valence-corrected chi connectivity index (χ0v) is 18.2. The number of para-hydroxylation sites is 1. The standard InChI is InChI=1S/C30H22N2O/c1-32-26-16-15-21(18-25(26)31-30(32)19-9-3-2-4-10-19)28-22-12-6-5-11-20(22)17-24-23-13-7-8-14-27(23)33-29(24)28/h2-18,30-31H,1H3. The molecule has 158 valence electrons. The Morgan fingerprint density at radius 1 is 0.727 bits per heavy atom. The molecule has 1 N–H and O–H groups in total. The number of nitrogens with zero attached hydrogens (tertiary/aromatic N) is 1. The Hall–Kier alpha value is -4.24. The van der Waals surface area contributed by atoms with Crippen LogP contribution in [0.25, 0.3) is 43.8 Å². The van der Waals surface area contributed by atoms with Gasteiger partial charge in [-0.05, 0) is 46.2 Å². The second-order valence-corrected chi connectivity index (χ2v) is 8.75. The molecule has 1 atom stereocenters. The van der Waals surface area contributed by atoms with E-state index in [-0.39, 0.29) is 6.17 Å². The van der Waals surface area contributed by atoms with Gasteiger partial charge < -0.3 is 14.6 Å². The van der Waals surface area contributed by atoms with Gasteiger partial charge in [0.25, 0.3) is 0 Å². The van der Waals surface area contributed by atoms with Crippen LogP contribution in [0.5, 0.6) is 0 Å². The molecule has 33 heavy (non-hydrogen) atoms. The SMILES string of the molecule is CN1c2ccc(-c3c4ccccc4cc4c3oc3ccccc34)cc2NC1c1ccccc1. The van der Waals surface area contributed by atoms with Crippen molar-refractivity contribution in [1.29, 1.82) is 0 Å². The maximum atomic E-state index is 6.45. The van der Waals surface area contributed by atoms with Crippen LogP contribution in [0, 0.1) is 0 Å². The van der Waals surface area contributed by atoms with Gasteiger partial charge in [0.05, 0.1) is 11.4 Å². The van der Waals surface area contributed by atoms with Crippen LogP contribution < -0.4 is 10.2 Å². The zero-order valence-electron chi connectivity index (χ0n) is 18.2. The van der Waals surface area contributed by atoms with Gasteiger partial charge in [0.15, 0.2) is 0 Å². The lowest BCUT2D eigenvalue weighted by Gasteiger charge is -2.22. The molecule has 6 aromatic rings. The van der Waals surface area contributed by atoms with E-state index in [1.165, 1.54) is 22.0 Å². The summed E-state index contributed by atoms with van der Waals surface area (Å²) in [5.41, 5.74) is 7.77. The van der Waals surface area contributed by atoms with E-state index < -0.39 is 0 Å². The first-order chi connectivity index (χ1) is 16.3. The number of hydrogen-bond donors (Lipinski definition) is 1. The average Bonchev–Trinajstić information content (AvgIpc) is 3.40. The first-order valence-corrected chi connectivity index (χ1v) is 11.3. The molecule has 0 saturated heterocycles. The van der Waals surface area contributed by atoms with Gasteiger partial charge in [0, 0.05) is 23.4 Å². The van der Waals surface area contributed by atoms with E-state index in [0.717, 1.165) is 38.8 Å². The largest absolute Gasteiger partial charge is 0.455 e. The highest BCUT2D eigenvalue weighted by atomic mass is 16.3. The molecule has 0 saturated carbocycles. The highest BCUT2D eigenvalue weighted by Gasteiger charge is 2.27. The van der Waals surface area contributed by atoms with Crippen molar-refractivity contribution in [3.8, 4) is 11.1 Å². The Bertz CT molecular complexity index is 1670. The summed E-state index contributed by atoms with van der Waals surface area (Å²) in [6, 6.07) is 36.4. The van der Waals surface area contributed by atoms with Gasteiger partial charge in [-0.1, -0.05) is 78.9 Å². The molecule has 3 nitrogen and oxygen atoms in total. The van der Waals surface area contributed by atoms with Crippen LogP contribution in [-0.4, -0.2) is 7.05 Å². The van der Waals surface area contributed by atoms with Crippen molar-refractivity contribution < 1.29 is 4.42 Å². The van der Waals surface area contributed by atoms with Crippen LogP contribution >= 0.6 is 0 Å². The van der Waals surface area contributed by atoms with Gasteiger partial charge in [-0.15, -0.1) is 0 Å². The van der Waals surface area contributed by atoms with Crippen LogP contribution in [0.3, 0.4) is 0 Å². The molecule has 0 spiro atoms. The van der Waals surface area contributed by atoms with Gasteiger partial charge >= 0.3 is 0 Å². The topological polar surface area (TPSA) is 28.4 Å². The molecule has 0 radical (unpaired) electrons. The number of nitrogens with one attached hydrogen (secondary N) is 1. The maximum Gasteiger partial charge on any atom is 0.143 e. The van der Waals surface area contributed by atoms with E-state index in [1.54, 1.807) is 0 Å². The molecular formula is C30H22N2O. The molecule has 3 heteroatoms. The number of fused-ring (bicyclic) bond motifs is 5. The van der Waals surface area contributed by atoms with E-state index in [4.69, 9.17) is 4.42 Å². The molecule has 1 aliphatic heterocycles. The number of rotatable bonds is 2. The van der Waals surface area contributed by atoms with Crippen molar-refractivity contribution in [2.45, 2.75) is 6.17 Å². The number of benzene rings is 5. The second-order valence-electron chi connectivity index (χ2n) is 8.75. The lowest BCUT2D eigenvalue weighted by atomic mass is 9.94. The molecule has 0 fully saturated rings. The maximum absolute atomic E-state index is 6.45. The van der Waals surface area contributed by atoms with Gasteiger partial charge in [0.1, 0.15) is 17.3 Å². The fraction of sp³-hybridized carbons (Fsp3) is 0.0667. The first kappa shape index (κ1) is 18.3. The summed E-state index contributed by atoms with van der Waals surface area (Å²) in [5, 5.41) is 8.47. The summed E-state index contributed by atoms with van der Waals surface area (Å²) < 4.78 is 6.45.